The van der Waals surface area contributed by atoms with Gasteiger partial charge in [0.1, 0.15) is 0 Å². The van der Waals surface area contributed by atoms with Gasteiger partial charge in [-0.3, -0.25) is 0 Å². The Bertz CT molecular complexity index is 364. The van der Waals surface area contributed by atoms with Crippen LogP contribution in [0.2, 0.25) is 0 Å². The highest BCUT2D eigenvalue weighted by Gasteiger charge is 2.22. The van der Waals surface area contributed by atoms with Gasteiger partial charge in [0.25, 0.3) is 0 Å². The number of aliphatic hydroxyl groups excluding tert-OH is 1. The maximum absolute atomic E-state index is 9.19. The molecule has 94 valence electrons. The van der Waals surface area contributed by atoms with E-state index < -0.39 is 0 Å². The van der Waals surface area contributed by atoms with Crippen molar-refractivity contribution in [2.45, 2.75) is 38.1 Å². The number of fused-ring (bicyclic) bond motifs is 1. The SMILES string of the molecule is CC(CO)N(C)CC1CCCc2ccccc21. The lowest BCUT2D eigenvalue weighted by molar-refractivity contribution is 0.150. The average Bonchev–Trinajstić information content (AvgIpc) is 2.38. The predicted octanol–water partition coefficient (Wildman–Crippen LogP) is 2.42. The van der Waals surface area contributed by atoms with Crippen LogP contribution in [0.4, 0.5) is 0 Å². The molecular weight excluding hydrogens is 210 g/mol. The van der Waals surface area contributed by atoms with Crippen LogP contribution in [0.5, 0.6) is 0 Å². The molecule has 0 heterocycles. The van der Waals surface area contributed by atoms with Crippen molar-refractivity contribution in [2.24, 2.45) is 0 Å². The Morgan fingerprint density at radius 3 is 2.94 bits per heavy atom. The van der Waals surface area contributed by atoms with Gasteiger partial charge in [-0.1, -0.05) is 24.3 Å². The van der Waals surface area contributed by atoms with Crippen LogP contribution >= 0.6 is 0 Å². The quantitative estimate of drug-likeness (QED) is 0.863. The van der Waals surface area contributed by atoms with Gasteiger partial charge in [0.15, 0.2) is 0 Å². The maximum atomic E-state index is 9.19. The Balaban J connectivity index is 2.08. The van der Waals surface area contributed by atoms with Crippen molar-refractivity contribution in [3.8, 4) is 0 Å². The van der Waals surface area contributed by atoms with Crippen LogP contribution in [-0.2, 0) is 6.42 Å². The Hall–Kier alpha value is -0.860. The zero-order valence-corrected chi connectivity index (χ0v) is 10.9. The smallest absolute Gasteiger partial charge is 0.0584 e. The summed E-state index contributed by atoms with van der Waals surface area (Å²) < 4.78 is 0. The molecule has 0 aromatic heterocycles. The summed E-state index contributed by atoms with van der Waals surface area (Å²) >= 11 is 0. The number of likely N-dealkylation sites (N-methyl/N-ethyl adjacent to an activating group) is 1. The maximum Gasteiger partial charge on any atom is 0.0584 e. The summed E-state index contributed by atoms with van der Waals surface area (Å²) in [6.07, 6.45) is 3.80. The first kappa shape index (κ1) is 12.6. The summed E-state index contributed by atoms with van der Waals surface area (Å²) in [4.78, 5) is 2.27. The number of hydrogen-bond donors (Lipinski definition) is 1. The third-order valence-electron chi connectivity index (χ3n) is 4.02. The molecule has 2 atom stereocenters. The van der Waals surface area contributed by atoms with Gasteiger partial charge in [-0.15, -0.1) is 0 Å². The van der Waals surface area contributed by atoms with Crippen LogP contribution in [0.15, 0.2) is 24.3 Å². The molecular formula is C15H23NO. The normalized spacial score (nSPS) is 21.3. The third-order valence-corrected chi connectivity index (χ3v) is 4.02. The summed E-state index contributed by atoms with van der Waals surface area (Å²) in [5.74, 6) is 0.638. The Morgan fingerprint density at radius 2 is 2.18 bits per heavy atom. The number of benzene rings is 1. The minimum atomic E-state index is 0.241. The lowest BCUT2D eigenvalue weighted by atomic mass is 9.82. The van der Waals surface area contributed by atoms with Crippen LogP contribution in [0.3, 0.4) is 0 Å². The first-order valence-corrected chi connectivity index (χ1v) is 6.61. The van der Waals surface area contributed by atoms with E-state index in [1.165, 1.54) is 30.4 Å². The van der Waals surface area contributed by atoms with Crippen LogP contribution in [0, 0.1) is 0 Å². The molecule has 1 aliphatic carbocycles. The fourth-order valence-electron chi connectivity index (χ4n) is 2.71. The van der Waals surface area contributed by atoms with E-state index in [1.807, 2.05) is 0 Å². The first-order valence-electron chi connectivity index (χ1n) is 6.61. The minimum Gasteiger partial charge on any atom is -0.395 e. The molecule has 2 nitrogen and oxygen atoms in total. The van der Waals surface area contributed by atoms with E-state index in [0.717, 1.165) is 6.54 Å². The average molecular weight is 233 g/mol. The molecule has 0 bridgehead atoms. The predicted molar refractivity (Wildman–Crippen MR) is 71.3 cm³/mol. The molecule has 0 saturated heterocycles. The summed E-state index contributed by atoms with van der Waals surface area (Å²) in [6.45, 7) is 3.37. The molecule has 2 unspecified atom stereocenters. The number of hydrogen-bond acceptors (Lipinski definition) is 2. The summed E-state index contributed by atoms with van der Waals surface area (Å²) in [5.41, 5.74) is 3.05. The Morgan fingerprint density at radius 1 is 1.41 bits per heavy atom. The molecule has 1 aromatic rings. The standard InChI is InChI=1S/C15H23NO/c1-12(11-17)16(2)10-14-8-5-7-13-6-3-4-9-15(13)14/h3-4,6,9,12,14,17H,5,7-8,10-11H2,1-2H3. The van der Waals surface area contributed by atoms with E-state index in [2.05, 4.69) is 43.1 Å². The molecule has 0 fully saturated rings. The molecule has 0 amide bonds. The van der Waals surface area contributed by atoms with Gasteiger partial charge >= 0.3 is 0 Å². The lowest BCUT2D eigenvalue weighted by Crippen LogP contribution is -2.36. The van der Waals surface area contributed by atoms with E-state index in [1.54, 1.807) is 0 Å². The van der Waals surface area contributed by atoms with E-state index in [-0.39, 0.29) is 12.6 Å². The lowest BCUT2D eigenvalue weighted by Gasteiger charge is -2.31. The van der Waals surface area contributed by atoms with Gasteiger partial charge in [0.2, 0.25) is 0 Å². The van der Waals surface area contributed by atoms with E-state index in [9.17, 15) is 5.11 Å². The molecule has 1 aliphatic rings. The molecule has 0 spiro atoms. The molecule has 1 aromatic carbocycles. The summed E-state index contributed by atoms with van der Waals surface area (Å²) in [5, 5.41) is 9.19. The van der Waals surface area contributed by atoms with Gasteiger partial charge in [-0.2, -0.15) is 0 Å². The molecule has 2 rings (SSSR count). The summed E-state index contributed by atoms with van der Waals surface area (Å²) in [7, 11) is 2.11. The Labute approximate surface area is 104 Å². The fourth-order valence-corrected chi connectivity index (χ4v) is 2.71. The van der Waals surface area contributed by atoms with Gasteiger partial charge in [0, 0.05) is 12.6 Å². The highest BCUT2D eigenvalue weighted by Crippen LogP contribution is 2.32. The summed E-state index contributed by atoms with van der Waals surface area (Å²) in [6, 6.07) is 9.07. The van der Waals surface area contributed by atoms with Gasteiger partial charge < -0.3 is 10.0 Å². The van der Waals surface area contributed by atoms with Crippen LogP contribution in [-0.4, -0.2) is 36.2 Å². The van der Waals surface area contributed by atoms with Crippen molar-refractivity contribution in [3.63, 3.8) is 0 Å². The highest BCUT2D eigenvalue weighted by molar-refractivity contribution is 5.32. The molecule has 0 aliphatic heterocycles. The number of aryl methyl sites for hydroxylation is 1. The largest absolute Gasteiger partial charge is 0.395 e. The van der Waals surface area contributed by atoms with Crippen molar-refractivity contribution >= 4 is 0 Å². The van der Waals surface area contributed by atoms with E-state index in [0.29, 0.717) is 5.92 Å². The number of aliphatic hydroxyl groups is 1. The monoisotopic (exact) mass is 233 g/mol. The Kier molecular flexibility index (Phi) is 4.19. The molecule has 1 N–H and O–H groups in total. The second-order valence-corrected chi connectivity index (χ2v) is 5.26. The molecule has 2 heteroatoms. The van der Waals surface area contributed by atoms with Crippen molar-refractivity contribution in [3.05, 3.63) is 35.4 Å². The third kappa shape index (κ3) is 2.88. The molecule has 0 radical (unpaired) electrons. The van der Waals surface area contributed by atoms with Gasteiger partial charge in [0.05, 0.1) is 6.61 Å². The van der Waals surface area contributed by atoms with Crippen molar-refractivity contribution in [1.82, 2.24) is 4.90 Å². The minimum absolute atomic E-state index is 0.241. The van der Waals surface area contributed by atoms with Crippen LogP contribution in [0.1, 0.15) is 36.8 Å². The number of rotatable bonds is 4. The zero-order chi connectivity index (χ0) is 12.3. The highest BCUT2D eigenvalue weighted by atomic mass is 16.3. The van der Waals surface area contributed by atoms with E-state index in [4.69, 9.17) is 0 Å². The topological polar surface area (TPSA) is 23.5 Å². The van der Waals surface area contributed by atoms with Crippen LogP contribution in [0.25, 0.3) is 0 Å². The van der Waals surface area contributed by atoms with Crippen molar-refractivity contribution in [1.29, 1.82) is 0 Å². The van der Waals surface area contributed by atoms with Gasteiger partial charge in [-0.05, 0) is 50.3 Å². The fraction of sp³-hybridized carbons (Fsp3) is 0.600. The van der Waals surface area contributed by atoms with Crippen molar-refractivity contribution in [2.75, 3.05) is 20.2 Å². The van der Waals surface area contributed by atoms with Gasteiger partial charge in [-0.25, -0.2) is 0 Å². The second kappa shape index (κ2) is 5.65. The number of nitrogens with zero attached hydrogens (tertiary/aromatic N) is 1. The first-order chi connectivity index (χ1) is 8.22. The molecule has 0 saturated carbocycles. The zero-order valence-electron chi connectivity index (χ0n) is 10.9. The van der Waals surface area contributed by atoms with E-state index >= 15 is 0 Å². The van der Waals surface area contributed by atoms with Crippen molar-refractivity contribution < 1.29 is 5.11 Å². The molecule has 17 heavy (non-hydrogen) atoms. The second-order valence-electron chi connectivity index (χ2n) is 5.26. The van der Waals surface area contributed by atoms with Crippen LogP contribution < -0.4 is 0 Å².